The molecule has 0 aliphatic rings. The van der Waals surface area contributed by atoms with Crippen molar-refractivity contribution in [2.45, 2.75) is 6.54 Å². The smallest absolute Gasteiger partial charge is 0.123 e. The highest BCUT2D eigenvalue weighted by molar-refractivity contribution is 7.13. The van der Waals surface area contributed by atoms with Gasteiger partial charge in [-0.25, -0.2) is 4.98 Å². The third-order valence-corrected chi connectivity index (χ3v) is 4.37. The summed E-state index contributed by atoms with van der Waals surface area (Å²) in [6.07, 6.45) is 7.47. The molecular formula is C18H14N4S. The van der Waals surface area contributed by atoms with Gasteiger partial charge in [-0.3, -0.25) is 9.67 Å². The summed E-state index contributed by atoms with van der Waals surface area (Å²) >= 11 is 1.64. The van der Waals surface area contributed by atoms with E-state index in [4.69, 9.17) is 0 Å². The first kappa shape index (κ1) is 13.8. The van der Waals surface area contributed by atoms with Crippen LogP contribution in [0.2, 0.25) is 0 Å². The highest BCUT2D eigenvalue weighted by Crippen LogP contribution is 2.26. The van der Waals surface area contributed by atoms with Gasteiger partial charge in [-0.15, -0.1) is 11.3 Å². The van der Waals surface area contributed by atoms with E-state index in [1.54, 1.807) is 17.5 Å². The number of aromatic nitrogens is 4. The molecule has 0 atom stereocenters. The molecule has 5 heteroatoms. The fourth-order valence-electron chi connectivity index (χ4n) is 2.46. The summed E-state index contributed by atoms with van der Waals surface area (Å²) in [5.74, 6) is 0. The van der Waals surface area contributed by atoms with E-state index in [0.717, 1.165) is 33.9 Å². The van der Waals surface area contributed by atoms with Gasteiger partial charge in [0.05, 0.1) is 12.2 Å². The molecule has 0 aliphatic heterocycles. The van der Waals surface area contributed by atoms with Crippen LogP contribution in [0.1, 0.15) is 5.56 Å². The number of hydrogen-bond donors (Lipinski definition) is 0. The first-order valence-electron chi connectivity index (χ1n) is 7.31. The number of rotatable bonds is 4. The minimum atomic E-state index is 0.722. The second-order valence-electron chi connectivity index (χ2n) is 5.18. The highest BCUT2D eigenvalue weighted by atomic mass is 32.1. The van der Waals surface area contributed by atoms with Crippen LogP contribution in [0, 0.1) is 0 Å². The molecule has 4 nitrogen and oxygen atoms in total. The van der Waals surface area contributed by atoms with Crippen molar-refractivity contribution in [2.75, 3.05) is 0 Å². The number of benzene rings is 1. The normalized spacial score (nSPS) is 10.8. The summed E-state index contributed by atoms with van der Waals surface area (Å²) < 4.78 is 1.93. The minimum Gasteiger partial charge on any atom is -0.268 e. The molecule has 3 aromatic heterocycles. The van der Waals surface area contributed by atoms with E-state index < -0.39 is 0 Å². The van der Waals surface area contributed by atoms with E-state index in [0.29, 0.717) is 0 Å². The molecule has 23 heavy (non-hydrogen) atoms. The van der Waals surface area contributed by atoms with E-state index in [2.05, 4.69) is 39.3 Å². The average molecular weight is 318 g/mol. The topological polar surface area (TPSA) is 43.6 Å². The van der Waals surface area contributed by atoms with Gasteiger partial charge in [-0.05, 0) is 23.8 Å². The van der Waals surface area contributed by atoms with E-state index in [1.165, 1.54) is 0 Å². The van der Waals surface area contributed by atoms with Gasteiger partial charge in [-0.1, -0.05) is 24.3 Å². The van der Waals surface area contributed by atoms with Gasteiger partial charge in [0.15, 0.2) is 0 Å². The second-order valence-corrected chi connectivity index (χ2v) is 6.07. The van der Waals surface area contributed by atoms with Crippen molar-refractivity contribution >= 4 is 11.3 Å². The van der Waals surface area contributed by atoms with Crippen LogP contribution in [0.3, 0.4) is 0 Å². The standard InChI is InChI=1S/C18H14N4S/c1-4-15(11-16(5-1)18-20-8-10-23-18)17-6-9-22(21-17)13-14-3-2-7-19-12-14/h1-12H,13H2. The van der Waals surface area contributed by atoms with E-state index in [9.17, 15) is 0 Å². The summed E-state index contributed by atoms with van der Waals surface area (Å²) in [5, 5.41) is 7.69. The van der Waals surface area contributed by atoms with Crippen molar-refractivity contribution in [3.05, 3.63) is 78.2 Å². The predicted octanol–water partition coefficient (Wildman–Crippen LogP) is 4.12. The molecular weight excluding hydrogens is 304 g/mol. The maximum absolute atomic E-state index is 4.67. The first-order chi connectivity index (χ1) is 11.4. The summed E-state index contributed by atoms with van der Waals surface area (Å²) in [6.45, 7) is 0.722. The molecule has 3 heterocycles. The number of nitrogens with zero attached hydrogens (tertiary/aromatic N) is 4. The van der Waals surface area contributed by atoms with Crippen LogP contribution in [0.4, 0.5) is 0 Å². The molecule has 0 unspecified atom stereocenters. The van der Waals surface area contributed by atoms with Crippen LogP contribution in [0.5, 0.6) is 0 Å². The zero-order valence-electron chi connectivity index (χ0n) is 12.3. The van der Waals surface area contributed by atoms with Crippen LogP contribution in [0.15, 0.2) is 72.6 Å². The SMILES string of the molecule is c1cncc(Cn2ccc(-c3cccc(-c4nccs4)c3)n2)c1. The molecule has 112 valence electrons. The maximum atomic E-state index is 4.67. The van der Waals surface area contributed by atoms with Gasteiger partial charge in [0, 0.05) is 41.3 Å². The Morgan fingerprint density at radius 3 is 2.78 bits per heavy atom. The lowest BCUT2D eigenvalue weighted by Crippen LogP contribution is -2.00. The molecule has 0 spiro atoms. The summed E-state index contributed by atoms with van der Waals surface area (Å²) in [5.41, 5.74) is 4.33. The zero-order chi connectivity index (χ0) is 15.5. The predicted molar refractivity (Wildman–Crippen MR) is 92.1 cm³/mol. The van der Waals surface area contributed by atoms with E-state index in [1.807, 2.05) is 46.9 Å². The molecule has 0 saturated carbocycles. The molecule has 0 bridgehead atoms. The Balaban J connectivity index is 1.61. The number of thiazole rings is 1. The van der Waals surface area contributed by atoms with Crippen LogP contribution in [0.25, 0.3) is 21.8 Å². The first-order valence-corrected chi connectivity index (χ1v) is 8.19. The zero-order valence-corrected chi connectivity index (χ0v) is 13.1. The Morgan fingerprint density at radius 2 is 1.96 bits per heavy atom. The van der Waals surface area contributed by atoms with E-state index >= 15 is 0 Å². The van der Waals surface area contributed by atoms with Crippen molar-refractivity contribution in [3.8, 4) is 21.8 Å². The monoisotopic (exact) mass is 318 g/mol. The lowest BCUT2D eigenvalue weighted by atomic mass is 10.1. The molecule has 0 radical (unpaired) electrons. The Kier molecular flexibility index (Phi) is 3.70. The Labute approximate surface area is 138 Å². The Morgan fingerprint density at radius 1 is 1.00 bits per heavy atom. The van der Waals surface area contributed by atoms with E-state index in [-0.39, 0.29) is 0 Å². The summed E-state index contributed by atoms with van der Waals surface area (Å²) in [4.78, 5) is 8.51. The molecule has 4 aromatic rings. The van der Waals surface area contributed by atoms with Crippen molar-refractivity contribution in [3.63, 3.8) is 0 Å². The summed E-state index contributed by atoms with van der Waals surface area (Å²) in [6, 6.07) is 14.4. The molecule has 1 aromatic carbocycles. The van der Waals surface area contributed by atoms with Crippen molar-refractivity contribution in [2.24, 2.45) is 0 Å². The average Bonchev–Trinajstić information content (AvgIpc) is 3.28. The number of hydrogen-bond acceptors (Lipinski definition) is 4. The van der Waals surface area contributed by atoms with Crippen LogP contribution in [-0.2, 0) is 6.54 Å². The highest BCUT2D eigenvalue weighted by Gasteiger charge is 2.06. The lowest BCUT2D eigenvalue weighted by molar-refractivity contribution is 0.687. The molecule has 4 rings (SSSR count). The van der Waals surface area contributed by atoms with Gasteiger partial charge in [0.1, 0.15) is 5.01 Å². The maximum Gasteiger partial charge on any atom is 0.123 e. The quantitative estimate of drug-likeness (QED) is 0.568. The Hall–Kier alpha value is -2.79. The van der Waals surface area contributed by atoms with Crippen molar-refractivity contribution in [1.29, 1.82) is 0 Å². The van der Waals surface area contributed by atoms with Gasteiger partial charge in [0.25, 0.3) is 0 Å². The van der Waals surface area contributed by atoms with Gasteiger partial charge < -0.3 is 0 Å². The molecule has 0 saturated heterocycles. The largest absolute Gasteiger partial charge is 0.268 e. The fourth-order valence-corrected chi connectivity index (χ4v) is 3.10. The molecule has 0 amide bonds. The van der Waals surface area contributed by atoms with Gasteiger partial charge in [-0.2, -0.15) is 5.10 Å². The van der Waals surface area contributed by atoms with Crippen LogP contribution < -0.4 is 0 Å². The van der Waals surface area contributed by atoms with Crippen LogP contribution in [-0.4, -0.2) is 19.7 Å². The second kappa shape index (κ2) is 6.14. The third-order valence-electron chi connectivity index (χ3n) is 3.55. The molecule has 0 N–H and O–H groups in total. The lowest BCUT2D eigenvalue weighted by Gasteiger charge is -2.02. The van der Waals surface area contributed by atoms with Gasteiger partial charge in [0.2, 0.25) is 0 Å². The fraction of sp³-hybridized carbons (Fsp3) is 0.0556. The number of pyridine rings is 1. The minimum absolute atomic E-state index is 0.722. The van der Waals surface area contributed by atoms with Gasteiger partial charge >= 0.3 is 0 Å². The van der Waals surface area contributed by atoms with Crippen molar-refractivity contribution < 1.29 is 0 Å². The third kappa shape index (κ3) is 3.05. The molecule has 0 fully saturated rings. The van der Waals surface area contributed by atoms with Crippen molar-refractivity contribution in [1.82, 2.24) is 19.7 Å². The Bertz CT molecular complexity index is 898. The van der Waals surface area contributed by atoms with Crippen LogP contribution >= 0.6 is 11.3 Å². The summed E-state index contributed by atoms with van der Waals surface area (Å²) in [7, 11) is 0. The molecule has 0 aliphatic carbocycles.